The summed E-state index contributed by atoms with van der Waals surface area (Å²) in [5, 5.41) is 29.5. The molecule has 4 heteroatoms. The Bertz CT molecular complexity index is 1620. The average molecular weight is 482 g/mol. The maximum absolute atomic E-state index is 10.0. The van der Waals surface area contributed by atoms with Crippen LogP contribution in [0.3, 0.4) is 0 Å². The number of aliphatic hydroxyl groups excluding tert-OH is 1. The summed E-state index contributed by atoms with van der Waals surface area (Å²) in [6, 6.07) is 15.9. The van der Waals surface area contributed by atoms with Crippen molar-refractivity contribution in [1.82, 2.24) is 0 Å². The van der Waals surface area contributed by atoms with Crippen LogP contribution in [0.25, 0.3) is 5.57 Å². The number of phenolic OH excluding ortho intramolecular Hbond substituents is 2. The van der Waals surface area contributed by atoms with Crippen LogP contribution < -0.4 is 0 Å². The second-order valence-electron chi connectivity index (χ2n) is 15.2. The summed E-state index contributed by atoms with van der Waals surface area (Å²) in [6.45, 7) is -3.09. The van der Waals surface area contributed by atoms with E-state index >= 15 is 0 Å². The van der Waals surface area contributed by atoms with Gasteiger partial charge in [0.05, 0.1) is 0 Å². The number of allylic oxidation sites excluding steroid dienone is 1. The van der Waals surface area contributed by atoms with E-state index in [-0.39, 0.29) is 0 Å². The van der Waals surface area contributed by atoms with Crippen molar-refractivity contribution in [3.63, 3.8) is 0 Å². The molecule has 0 saturated carbocycles. The number of hydrogen-bond donors (Lipinski definition) is 3. The van der Waals surface area contributed by atoms with Crippen LogP contribution in [0.5, 0.6) is 11.5 Å². The number of hydrogen-bond acceptors (Lipinski definition) is 3. The average Bonchev–Trinajstić information content (AvgIpc) is 3.76. The van der Waals surface area contributed by atoms with E-state index < -0.39 is 6.51 Å². The van der Waals surface area contributed by atoms with Crippen molar-refractivity contribution >= 4 is 5.57 Å². The Morgan fingerprint density at radius 2 is 1.15 bits per heavy atom. The van der Waals surface area contributed by atoms with Crippen molar-refractivity contribution in [2.45, 2.75) is 73.3 Å². The van der Waals surface area contributed by atoms with Gasteiger partial charge in [0, 0.05) is 0 Å². The zero-order chi connectivity index (χ0) is 21.7. The molecule has 0 aliphatic carbocycles. The van der Waals surface area contributed by atoms with Crippen LogP contribution in [-0.2, 0) is 6.51 Å². The van der Waals surface area contributed by atoms with Crippen molar-refractivity contribution in [3.05, 3.63) is 65.2 Å². The molecule has 0 radical (unpaired) electrons. The molecule has 2 aromatic rings. The van der Waals surface area contributed by atoms with Crippen LogP contribution in [0, 0.1) is 0 Å². The van der Waals surface area contributed by atoms with Crippen LogP contribution in [-0.4, -0.2) is 21.9 Å². The summed E-state index contributed by atoms with van der Waals surface area (Å²) in [5.41, 5.74) is 5.74. The summed E-state index contributed by atoms with van der Waals surface area (Å²) < 4.78 is 0.670. The van der Waals surface area contributed by atoms with E-state index in [0.717, 1.165) is 12.8 Å². The fourth-order valence-corrected chi connectivity index (χ4v) is 94.3. The van der Waals surface area contributed by atoms with Gasteiger partial charge in [-0.3, -0.25) is 0 Å². The van der Waals surface area contributed by atoms with Crippen LogP contribution in [0.15, 0.2) is 54.1 Å². The van der Waals surface area contributed by atoms with Gasteiger partial charge in [0.25, 0.3) is 0 Å². The first-order valence-corrected chi connectivity index (χ1v) is 19.3. The number of benzene rings is 2. The molecular formula is C29H30FeO3. The third kappa shape index (κ3) is 0.371. The molecule has 1 spiro atoms. The van der Waals surface area contributed by atoms with Gasteiger partial charge in [0.15, 0.2) is 0 Å². The topological polar surface area (TPSA) is 60.7 Å². The van der Waals surface area contributed by atoms with Crippen molar-refractivity contribution < 1.29 is 21.8 Å². The quantitative estimate of drug-likeness (QED) is 0.275. The van der Waals surface area contributed by atoms with Crippen molar-refractivity contribution in [1.29, 1.82) is 0 Å². The number of rotatable bonds is 8. The van der Waals surface area contributed by atoms with Gasteiger partial charge in [-0.05, 0) is 0 Å². The first-order valence-electron chi connectivity index (χ1n) is 13.0. The van der Waals surface area contributed by atoms with Crippen LogP contribution in [0.2, 0.25) is 47.7 Å². The number of phenols is 2. The van der Waals surface area contributed by atoms with Crippen LogP contribution >= 0.6 is 0 Å². The molecular weight excluding hydrogens is 452 g/mol. The predicted octanol–water partition coefficient (Wildman–Crippen LogP) is 7.21. The number of unbranched alkanes of at least 4 members (excludes halogenated alkanes) is 2. The summed E-state index contributed by atoms with van der Waals surface area (Å²) >= 11 is 0. The molecule has 10 aliphatic heterocycles. The third-order valence-electron chi connectivity index (χ3n) is 18.8. The molecule has 0 aromatic heterocycles. The van der Waals surface area contributed by atoms with Gasteiger partial charge < -0.3 is 0 Å². The minimum absolute atomic E-state index is 0.295. The molecule has 172 valence electrons. The molecule has 4 atom stereocenters. The first-order chi connectivity index (χ1) is 15.9. The second-order valence-corrected chi connectivity index (χ2v) is 38.7. The number of aliphatic hydroxyl groups is 1. The van der Waals surface area contributed by atoms with Crippen LogP contribution in [0.4, 0.5) is 0 Å². The van der Waals surface area contributed by atoms with E-state index in [0.29, 0.717) is 22.4 Å². The van der Waals surface area contributed by atoms with Gasteiger partial charge in [-0.25, -0.2) is 0 Å². The minimum atomic E-state index is -3.39. The van der Waals surface area contributed by atoms with Crippen molar-refractivity contribution in [2.75, 3.05) is 6.61 Å². The fraction of sp³-hybridized carbons (Fsp3) is 0.517. The number of fused-ring (bicyclic) bond motifs is 10. The Labute approximate surface area is 183 Å². The normalized spacial score (nSPS) is 66.8. The van der Waals surface area contributed by atoms with Gasteiger partial charge in [-0.15, -0.1) is 0 Å². The zero-order valence-corrected chi connectivity index (χ0v) is 19.6. The van der Waals surface area contributed by atoms with E-state index in [9.17, 15) is 15.3 Å². The molecule has 10 aliphatic rings. The molecule has 3 N–H and O–H groups in total. The Balaban J connectivity index is 1.15. The van der Waals surface area contributed by atoms with E-state index in [1.165, 1.54) is 72.9 Å². The summed E-state index contributed by atoms with van der Waals surface area (Å²) in [4.78, 5) is 11.4. The van der Waals surface area contributed by atoms with E-state index in [2.05, 4.69) is 24.3 Å². The fourth-order valence-electron chi connectivity index (χ4n) is 19.9. The molecule has 12 rings (SSSR count). The molecule has 0 bridgehead atoms. The zero-order valence-electron chi connectivity index (χ0n) is 18.5. The van der Waals surface area contributed by atoms with Gasteiger partial charge in [-0.1, -0.05) is 0 Å². The molecule has 10 heterocycles. The second kappa shape index (κ2) is 2.25. The van der Waals surface area contributed by atoms with E-state index in [1.54, 1.807) is 0 Å². The van der Waals surface area contributed by atoms with Gasteiger partial charge in [0.2, 0.25) is 0 Å². The Morgan fingerprint density at radius 3 is 1.52 bits per heavy atom. The first kappa shape index (κ1) is 16.0. The van der Waals surface area contributed by atoms with Crippen molar-refractivity contribution in [3.8, 4) is 11.5 Å². The van der Waals surface area contributed by atoms with E-state index in [4.69, 9.17) is 0 Å². The Kier molecular flexibility index (Phi) is 1.09. The van der Waals surface area contributed by atoms with Gasteiger partial charge >= 0.3 is 184 Å². The summed E-state index contributed by atoms with van der Waals surface area (Å²) in [7, 11) is 0. The molecule has 2 aromatic carbocycles. The summed E-state index contributed by atoms with van der Waals surface area (Å²) in [6.07, 6.45) is 4.36. The third-order valence-corrected chi connectivity index (χ3v) is 61.2. The number of aromatic hydroxyl groups is 2. The molecule has 3 nitrogen and oxygen atoms in total. The summed E-state index contributed by atoms with van der Waals surface area (Å²) in [5.74, 6) is 0.651. The Hall–Kier alpha value is -1.74. The monoisotopic (exact) mass is 482 g/mol. The van der Waals surface area contributed by atoms with Crippen molar-refractivity contribution in [2.24, 2.45) is 0 Å². The molecule has 33 heavy (non-hydrogen) atoms. The Morgan fingerprint density at radius 1 is 0.667 bits per heavy atom. The SMILES string of the molecule is OCCCCCC(=C(c1ccc(O)cc1)c1ccc(O)cc1)[C]12[CH]3[CH]4[CH]5[CH]1[Fe]45321678[CH]2[CH]1[CH]6[CH]7[CH]28. The van der Waals surface area contributed by atoms with Gasteiger partial charge in [0.1, 0.15) is 0 Å². The van der Waals surface area contributed by atoms with Gasteiger partial charge in [-0.2, -0.15) is 0 Å². The van der Waals surface area contributed by atoms with Crippen LogP contribution in [0.1, 0.15) is 36.8 Å². The molecule has 4 unspecified atom stereocenters. The van der Waals surface area contributed by atoms with E-state index in [1.807, 2.05) is 29.8 Å². The molecule has 10 fully saturated rings. The standard InChI is InChI=1S/C24H25O3.C5H5.Fe/c25-17-5-1-2-8-23(18-6-3-4-7-18)24(19-9-13-21(26)14-10-19)20-11-15-22(27)16-12-20;1-2-4-5-3-1;/h3-4,6-7,9-16,25-27H,1-2,5,8,17H2;1-5H;. The molecule has 0 amide bonds. The maximum atomic E-state index is 10.0. The predicted molar refractivity (Wildman–Crippen MR) is 124 cm³/mol. The molecule has 10 saturated heterocycles.